The fourth-order valence-corrected chi connectivity index (χ4v) is 5.35. The molecule has 186 valence electrons. The fraction of sp³-hybridized carbons (Fsp3) is 0. The normalized spacial score (nSPS) is 11.7. The third-order valence-electron chi connectivity index (χ3n) is 7.22. The number of nitrogens with zero attached hydrogens (tertiary/aromatic N) is 9. The van der Waals surface area contributed by atoms with Gasteiger partial charge in [-0.3, -0.25) is 4.98 Å². The van der Waals surface area contributed by atoms with Crippen LogP contribution in [0.2, 0.25) is 0 Å². The number of aromatic nitrogens is 9. The molecule has 2 aliphatic heterocycles. The van der Waals surface area contributed by atoms with E-state index in [1.807, 2.05) is 78.9 Å². The third-order valence-corrected chi connectivity index (χ3v) is 7.22. The molecule has 0 unspecified atom stereocenters. The average molecular weight is 579 g/mol. The zero-order valence-electron chi connectivity index (χ0n) is 21.4. The topological polar surface area (TPSA) is 118 Å². The van der Waals surface area contributed by atoms with Crippen LogP contribution in [0.1, 0.15) is 0 Å². The summed E-state index contributed by atoms with van der Waals surface area (Å²) in [5, 5.41) is 3.38. The van der Waals surface area contributed by atoms with E-state index in [0.717, 1.165) is 43.8 Å². The van der Waals surface area contributed by atoms with E-state index in [1.54, 1.807) is 12.4 Å². The number of fused-ring (bicyclic) bond motifs is 20. The first-order valence-electron chi connectivity index (χ1n) is 12.7. The molecule has 0 radical (unpaired) electrons. The first-order valence-corrected chi connectivity index (χ1v) is 12.7. The molecule has 9 rings (SSSR count). The van der Waals surface area contributed by atoms with Crippen molar-refractivity contribution in [3.05, 3.63) is 91.3 Å². The smallest absolute Gasteiger partial charge is 0.357 e. The third kappa shape index (κ3) is 3.54. The van der Waals surface area contributed by atoms with Gasteiger partial charge in [-0.05, 0) is 22.2 Å². The maximum Gasteiger partial charge on any atom is 2.00 e. The predicted molar refractivity (Wildman–Crippen MR) is 152 cm³/mol. The molecule has 0 spiro atoms. The van der Waals surface area contributed by atoms with Crippen LogP contribution in [-0.4, -0.2) is 34.9 Å². The number of hydrogen-bond donors (Lipinski definition) is 0. The van der Waals surface area contributed by atoms with Crippen LogP contribution in [0.3, 0.4) is 0 Å². The standard InChI is InChI=1S/C31H15N9.Zn/c1-2-8-17-16(7-1)24-33-25(17)35-27-20-11-5-6-12-21(20)29(37-27)39-31-23-15-32-14-13-22(23)30(40-31)38-28-19-10-4-3-9-18(19)26(34-24)36-28;/h1-15H;/q-2;+2. The van der Waals surface area contributed by atoms with Gasteiger partial charge in [0, 0.05) is 62.6 Å². The van der Waals surface area contributed by atoms with E-state index >= 15 is 0 Å². The van der Waals surface area contributed by atoms with Crippen molar-refractivity contribution in [1.82, 2.24) is 44.9 Å². The molecule has 0 amide bonds. The molecule has 0 saturated carbocycles. The second-order valence-electron chi connectivity index (χ2n) is 9.54. The Bertz CT molecular complexity index is 2040. The molecule has 9 nitrogen and oxygen atoms in total. The molecule has 0 atom stereocenters. The van der Waals surface area contributed by atoms with Gasteiger partial charge in [-0.25, -0.2) is 9.97 Å². The molecule has 0 fully saturated rings. The second-order valence-corrected chi connectivity index (χ2v) is 9.54. The van der Waals surface area contributed by atoms with Crippen molar-refractivity contribution in [2.45, 2.75) is 0 Å². The Morgan fingerprint density at radius 1 is 0.390 bits per heavy atom. The summed E-state index contributed by atoms with van der Waals surface area (Å²) in [6.45, 7) is 0. The van der Waals surface area contributed by atoms with Gasteiger partial charge < -0.3 is 29.9 Å². The van der Waals surface area contributed by atoms with Crippen LogP contribution in [0, 0.1) is 0 Å². The number of hydrogen-bond acceptors (Lipinski definition) is 7. The fourth-order valence-electron chi connectivity index (χ4n) is 5.35. The Balaban J connectivity index is 0.00000256. The molecule has 4 aromatic heterocycles. The van der Waals surface area contributed by atoms with E-state index in [4.69, 9.17) is 39.9 Å². The predicted octanol–water partition coefficient (Wildman–Crippen LogP) is 5.52. The molecule has 8 bridgehead atoms. The maximum atomic E-state index is 4.94. The summed E-state index contributed by atoms with van der Waals surface area (Å²) < 4.78 is 0. The molecule has 0 aliphatic carbocycles. The van der Waals surface area contributed by atoms with E-state index in [0.29, 0.717) is 45.9 Å². The van der Waals surface area contributed by atoms with E-state index in [2.05, 4.69) is 4.98 Å². The summed E-state index contributed by atoms with van der Waals surface area (Å²) in [4.78, 5) is 43.4. The van der Waals surface area contributed by atoms with Crippen molar-refractivity contribution in [1.29, 1.82) is 0 Å². The van der Waals surface area contributed by atoms with Crippen LogP contribution in [0.15, 0.2) is 91.3 Å². The summed E-state index contributed by atoms with van der Waals surface area (Å²) in [6, 6.07) is 25.7. The molecule has 6 heterocycles. The molecule has 0 N–H and O–H groups in total. The first kappa shape index (κ1) is 23.7. The van der Waals surface area contributed by atoms with Gasteiger partial charge in [-0.1, -0.05) is 72.8 Å². The van der Waals surface area contributed by atoms with Gasteiger partial charge in [0.1, 0.15) is 0 Å². The van der Waals surface area contributed by atoms with Gasteiger partial charge in [0.15, 0.2) is 0 Å². The Labute approximate surface area is 244 Å². The molecule has 3 aromatic carbocycles. The molecular formula is C31H15N9Zn. The van der Waals surface area contributed by atoms with E-state index < -0.39 is 0 Å². The summed E-state index contributed by atoms with van der Waals surface area (Å²) in [5.74, 6) is 2.13. The largest absolute Gasteiger partial charge is 2.00 e. The van der Waals surface area contributed by atoms with Crippen LogP contribution in [0.5, 0.6) is 0 Å². The maximum absolute atomic E-state index is 4.94. The molecular weight excluding hydrogens is 564 g/mol. The monoisotopic (exact) mass is 577 g/mol. The Hall–Kier alpha value is -5.21. The molecule has 2 aliphatic rings. The SMILES string of the molecule is [Zn+2].c1ccc2c(c1)-c1nc-2nc2[n-]c(nc3nc(nc4[n-]c(n1)c1ccccc41)-c1ccccc1-3)c1cnccc21. The van der Waals surface area contributed by atoms with Crippen molar-refractivity contribution in [2.24, 2.45) is 0 Å². The molecule has 0 saturated heterocycles. The zero-order chi connectivity index (χ0) is 26.2. The van der Waals surface area contributed by atoms with Gasteiger partial charge in [0.05, 0.1) is 23.3 Å². The van der Waals surface area contributed by atoms with Gasteiger partial charge in [0.25, 0.3) is 0 Å². The van der Waals surface area contributed by atoms with Crippen LogP contribution in [0.25, 0.3) is 89.7 Å². The number of rotatable bonds is 0. The summed E-state index contributed by atoms with van der Waals surface area (Å²) >= 11 is 0. The van der Waals surface area contributed by atoms with Crippen LogP contribution >= 0.6 is 0 Å². The van der Waals surface area contributed by atoms with Crippen molar-refractivity contribution < 1.29 is 19.5 Å². The van der Waals surface area contributed by atoms with Crippen molar-refractivity contribution >= 4 is 44.1 Å². The Morgan fingerprint density at radius 2 is 0.756 bits per heavy atom. The molecule has 7 aromatic rings. The van der Waals surface area contributed by atoms with Crippen molar-refractivity contribution in [3.63, 3.8) is 0 Å². The number of benzene rings is 3. The minimum absolute atomic E-state index is 0. The summed E-state index contributed by atoms with van der Waals surface area (Å²) in [5.41, 5.74) is 5.60. The van der Waals surface area contributed by atoms with E-state index in [1.165, 1.54) is 0 Å². The van der Waals surface area contributed by atoms with E-state index in [-0.39, 0.29) is 19.5 Å². The van der Waals surface area contributed by atoms with Gasteiger partial charge in [-0.15, -0.1) is 0 Å². The molecule has 41 heavy (non-hydrogen) atoms. The molecule has 10 heteroatoms. The average Bonchev–Trinajstić information content (AvgIpc) is 3.73. The van der Waals surface area contributed by atoms with Gasteiger partial charge in [-0.2, -0.15) is 0 Å². The number of pyridine rings is 1. The van der Waals surface area contributed by atoms with Crippen molar-refractivity contribution in [2.75, 3.05) is 0 Å². The quantitative estimate of drug-likeness (QED) is 0.214. The Morgan fingerprint density at radius 3 is 1.20 bits per heavy atom. The van der Waals surface area contributed by atoms with Gasteiger partial charge in [0.2, 0.25) is 0 Å². The summed E-state index contributed by atoms with van der Waals surface area (Å²) in [6.07, 6.45) is 3.48. The summed E-state index contributed by atoms with van der Waals surface area (Å²) in [7, 11) is 0. The minimum atomic E-state index is 0. The van der Waals surface area contributed by atoms with Crippen LogP contribution in [-0.2, 0) is 19.5 Å². The van der Waals surface area contributed by atoms with Crippen molar-refractivity contribution in [3.8, 4) is 45.6 Å². The zero-order valence-corrected chi connectivity index (χ0v) is 24.4. The van der Waals surface area contributed by atoms with Crippen LogP contribution < -0.4 is 9.97 Å². The minimum Gasteiger partial charge on any atom is -0.357 e. The first-order chi connectivity index (χ1) is 19.8. The van der Waals surface area contributed by atoms with E-state index in [9.17, 15) is 0 Å². The second kappa shape index (κ2) is 8.91. The Kier molecular flexibility index (Phi) is 5.14. The van der Waals surface area contributed by atoms with Gasteiger partial charge >= 0.3 is 19.5 Å². The van der Waals surface area contributed by atoms with Crippen LogP contribution in [0.4, 0.5) is 0 Å².